The molecule has 0 radical (unpaired) electrons. The van der Waals surface area contributed by atoms with Gasteiger partial charge in [-0.05, 0) is 66.0 Å². The Labute approximate surface area is 101 Å². The quantitative estimate of drug-likeness (QED) is 0.633. The summed E-state index contributed by atoms with van der Waals surface area (Å²) in [4.78, 5) is 5.10. The van der Waals surface area contributed by atoms with Gasteiger partial charge in [-0.3, -0.25) is 0 Å². The average Bonchev–Trinajstić information content (AvgIpc) is 2.33. The molecule has 0 atom stereocenters. The molecule has 0 saturated carbocycles. The van der Waals surface area contributed by atoms with E-state index in [-0.39, 0.29) is 0 Å². The van der Waals surface area contributed by atoms with Crippen LogP contribution >= 0.6 is 0 Å². The van der Waals surface area contributed by atoms with Crippen LogP contribution in [0, 0.1) is 0 Å². The minimum absolute atomic E-state index is 1.15. The van der Waals surface area contributed by atoms with Crippen molar-refractivity contribution in [2.75, 3.05) is 53.4 Å². The number of nitrogens with zero attached hydrogens (tertiary/aromatic N) is 2. The number of hydrogen-bond acceptors (Lipinski definition) is 3. The number of likely N-dealkylation sites (tertiary alicyclic amines) is 1. The molecule has 0 aromatic heterocycles. The van der Waals surface area contributed by atoms with Crippen molar-refractivity contribution in [2.24, 2.45) is 0 Å². The number of nitrogens with one attached hydrogen (secondary N) is 1. The maximum Gasteiger partial charge on any atom is 0.0109 e. The largest absolute Gasteiger partial charge is 0.320 e. The van der Waals surface area contributed by atoms with E-state index in [1.807, 2.05) is 7.05 Å². The molecule has 1 fully saturated rings. The van der Waals surface area contributed by atoms with Crippen LogP contribution in [0.4, 0.5) is 0 Å². The van der Waals surface area contributed by atoms with E-state index in [0.29, 0.717) is 0 Å². The van der Waals surface area contributed by atoms with Gasteiger partial charge in [0.25, 0.3) is 0 Å². The molecule has 0 unspecified atom stereocenters. The van der Waals surface area contributed by atoms with Crippen molar-refractivity contribution in [3.63, 3.8) is 0 Å². The third kappa shape index (κ3) is 6.46. The zero-order valence-electron chi connectivity index (χ0n) is 11.2. The first-order valence-corrected chi connectivity index (χ1v) is 6.88. The van der Waals surface area contributed by atoms with Gasteiger partial charge in [-0.1, -0.05) is 6.42 Å². The van der Waals surface area contributed by atoms with Crippen LogP contribution in [0.3, 0.4) is 0 Å². The van der Waals surface area contributed by atoms with Crippen LogP contribution in [0.15, 0.2) is 0 Å². The summed E-state index contributed by atoms with van der Waals surface area (Å²) < 4.78 is 0. The summed E-state index contributed by atoms with van der Waals surface area (Å²) in [6.45, 7) is 7.55. The Hall–Kier alpha value is -0.120. The number of likely N-dealkylation sites (N-methyl/N-ethyl adjacent to an activating group) is 1. The Morgan fingerprint density at radius 1 is 1.06 bits per heavy atom. The molecule has 3 nitrogen and oxygen atoms in total. The SMILES string of the molecule is CNCCCCN(C)CCN1CCCCC1. The molecule has 0 aromatic carbocycles. The smallest absolute Gasteiger partial charge is 0.0109 e. The summed E-state index contributed by atoms with van der Waals surface area (Å²) in [5, 5.41) is 3.20. The maximum atomic E-state index is 3.20. The van der Waals surface area contributed by atoms with E-state index in [9.17, 15) is 0 Å². The van der Waals surface area contributed by atoms with E-state index in [2.05, 4.69) is 22.2 Å². The van der Waals surface area contributed by atoms with E-state index >= 15 is 0 Å². The molecule has 1 aliphatic rings. The number of hydrogen-bond donors (Lipinski definition) is 1. The van der Waals surface area contributed by atoms with Crippen LogP contribution in [-0.4, -0.2) is 63.2 Å². The van der Waals surface area contributed by atoms with Crippen LogP contribution in [0.2, 0.25) is 0 Å². The first-order chi connectivity index (χ1) is 7.83. The third-order valence-electron chi connectivity index (χ3n) is 3.46. The summed E-state index contributed by atoms with van der Waals surface area (Å²) >= 11 is 0. The highest BCUT2D eigenvalue weighted by molar-refractivity contribution is 4.66. The fourth-order valence-electron chi connectivity index (χ4n) is 2.29. The van der Waals surface area contributed by atoms with E-state index in [0.717, 1.165) is 6.54 Å². The Bertz CT molecular complexity index is 155. The molecule has 0 spiro atoms. The van der Waals surface area contributed by atoms with Gasteiger partial charge < -0.3 is 15.1 Å². The van der Waals surface area contributed by atoms with Gasteiger partial charge >= 0.3 is 0 Å². The van der Waals surface area contributed by atoms with Crippen LogP contribution in [0.1, 0.15) is 32.1 Å². The highest BCUT2D eigenvalue weighted by atomic mass is 15.2. The minimum Gasteiger partial charge on any atom is -0.320 e. The van der Waals surface area contributed by atoms with Crippen molar-refractivity contribution in [1.82, 2.24) is 15.1 Å². The first kappa shape index (κ1) is 13.9. The third-order valence-corrected chi connectivity index (χ3v) is 3.46. The second kappa shape index (κ2) is 8.97. The van der Waals surface area contributed by atoms with Gasteiger partial charge in [0.15, 0.2) is 0 Å². The molecule has 16 heavy (non-hydrogen) atoms. The van der Waals surface area contributed by atoms with Crippen LogP contribution < -0.4 is 5.32 Å². The van der Waals surface area contributed by atoms with Gasteiger partial charge in [0.1, 0.15) is 0 Å². The van der Waals surface area contributed by atoms with Crippen molar-refractivity contribution in [3.05, 3.63) is 0 Å². The predicted octanol–water partition coefficient (Wildman–Crippen LogP) is 1.40. The van der Waals surface area contributed by atoms with Crippen molar-refractivity contribution in [3.8, 4) is 0 Å². The lowest BCUT2D eigenvalue weighted by molar-refractivity contribution is 0.195. The maximum absolute atomic E-state index is 3.20. The Morgan fingerprint density at radius 2 is 1.81 bits per heavy atom. The molecular weight excluding hydrogens is 198 g/mol. The highest BCUT2D eigenvalue weighted by Crippen LogP contribution is 2.07. The van der Waals surface area contributed by atoms with Crippen molar-refractivity contribution >= 4 is 0 Å². The molecule has 0 aliphatic carbocycles. The Morgan fingerprint density at radius 3 is 2.50 bits per heavy atom. The Balaban J connectivity index is 1.94. The molecule has 0 bridgehead atoms. The second-order valence-corrected chi connectivity index (χ2v) is 5.02. The summed E-state index contributed by atoms with van der Waals surface area (Å²) in [5.41, 5.74) is 0. The van der Waals surface area contributed by atoms with Gasteiger partial charge in [0.05, 0.1) is 0 Å². The fraction of sp³-hybridized carbons (Fsp3) is 1.00. The average molecular weight is 227 g/mol. The zero-order valence-corrected chi connectivity index (χ0v) is 11.2. The van der Waals surface area contributed by atoms with Crippen molar-refractivity contribution in [1.29, 1.82) is 0 Å². The van der Waals surface area contributed by atoms with Crippen LogP contribution in [0.25, 0.3) is 0 Å². The number of unbranched alkanes of at least 4 members (excludes halogenated alkanes) is 1. The molecule has 96 valence electrons. The molecule has 1 rings (SSSR count). The van der Waals surface area contributed by atoms with Gasteiger partial charge in [-0.15, -0.1) is 0 Å². The molecule has 0 aromatic rings. The van der Waals surface area contributed by atoms with E-state index in [1.54, 1.807) is 0 Å². The van der Waals surface area contributed by atoms with Crippen molar-refractivity contribution < 1.29 is 0 Å². The van der Waals surface area contributed by atoms with Crippen molar-refractivity contribution in [2.45, 2.75) is 32.1 Å². The molecule has 3 heteroatoms. The Kier molecular flexibility index (Phi) is 7.81. The lowest BCUT2D eigenvalue weighted by Crippen LogP contribution is -2.36. The summed E-state index contributed by atoms with van der Waals surface area (Å²) in [6.07, 6.45) is 6.87. The van der Waals surface area contributed by atoms with Gasteiger partial charge in [-0.2, -0.15) is 0 Å². The summed E-state index contributed by atoms with van der Waals surface area (Å²) in [7, 11) is 4.28. The normalized spacial score (nSPS) is 18.2. The standard InChI is InChI=1S/C13H29N3/c1-14-8-4-7-9-15(2)12-13-16-10-5-3-6-11-16/h14H,3-13H2,1-2H3. The highest BCUT2D eigenvalue weighted by Gasteiger charge is 2.10. The monoisotopic (exact) mass is 227 g/mol. The van der Waals surface area contributed by atoms with E-state index < -0.39 is 0 Å². The molecule has 1 N–H and O–H groups in total. The molecule has 1 aliphatic heterocycles. The molecule has 0 amide bonds. The van der Waals surface area contributed by atoms with Crippen LogP contribution in [0.5, 0.6) is 0 Å². The minimum atomic E-state index is 1.15. The van der Waals surface area contributed by atoms with E-state index in [1.165, 1.54) is 64.8 Å². The lowest BCUT2D eigenvalue weighted by atomic mass is 10.1. The topological polar surface area (TPSA) is 18.5 Å². The number of rotatable bonds is 8. The lowest BCUT2D eigenvalue weighted by Gasteiger charge is -2.28. The van der Waals surface area contributed by atoms with Gasteiger partial charge in [0, 0.05) is 13.1 Å². The summed E-state index contributed by atoms with van der Waals surface area (Å²) in [5.74, 6) is 0. The fourth-order valence-corrected chi connectivity index (χ4v) is 2.29. The molecular formula is C13H29N3. The molecule has 1 heterocycles. The molecule has 1 saturated heterocycles. The number of piperidine rings is 1. The summed E-state index contributed by atoms with van der Waals surface area (Å²) in [6, 6.07) is 0. The van der Waals surface area contributed by atoms with Gasteiger partial charge in [-0.25, -0.2) is 0 Å². The first-order valence-electron chi connectivity index (χ1n) is 6.88. The zero-order chi connectivity index (χ0) is 11.6. The van der Waals surface area contributed by atoms with Crippen LogP contribution in [-0.2, 0) is 0 Å². The second-order valence-electron chi connectivity index (χ2n) is 5.02. The predicted molar refractivity (Wildman–Crippen MR) is 70.9 cm³/mol. The van der Waals surface area contributed by atoms with E-state index in [4.69, 9.17) is 0 Å². The van der Waals surface area contributed by atoms with Gasteiger partial charge in [0.2, 0.25) is 0 Å².